The Labute approximate surface area is 320 Å². The molecule has 20 heteroatoms. The number of alkyl halides is 4. The molecule has 2 heterocycles. The number of hydrogen-bond acceptors (Lipinski definition) is 9. The quantitative estimate of drug-likeness (QED) is 0.118. The van der Waals surface area contributed by atoms with E-state index in [0.717, 1.165) is 121 Å². The van der Waals surface area contributed by atoms with E-state index in [1.807, 2.05) is 4.72 Å². The highest BCUT2D eigenvalue weighted by Crippen LogP contribution is 2.40. The third kappa shape index (κ3) is 9.54. The van der Waals surface area contributed by atoms with Crippen LogP contribution in [0.25, 0.3) is 0 Å². The number of nitrogens with zero attached hydrogens (tertiary/aromatic N) is 5. The van der Waals surface area contributed by atoms with Gasteiger partial charge in [-0.25, -0.2) is 45.4 Å². The summed E-state index contributed by atoms with van der Waals surface area (Å²) >= 11 is 0. The van der Waals surface area contributed by atoms with Gasteiger partial charge in [0.1, 0.15) is 18.0 Å². The number of halogens is 4. The van der Waals surface area contributed by atoms with E-state index in [9.17, 15) is 44.0 Å². The van der Waals surface area contributed by atoms with Crippen molar-refractivity contribution in [3.63, 3.8) is 0 Å². The van der Waals surface area contributed by atoms with Crippen molar-refractivity contribution in [2.75, 3.05) is 5.32 Å². The highest BCUT2D eigenvalue weighted by Gasteiger charge is 2.28. The predicted molar refractivity (Wildman–Crippen MR) is 196 cm³/mol. The summed E-state index contributed by atoms with van der Waals surface area (Å²) in [6.07, 6.45) is 12.0. The zero-order valence-electron chi connectivity index (χ0n) is 30.1. The molecule has 0 bridgehead atoms. The summed E-state index contributed by atoms with van der Waals surface area (Å²) in [5.74, 6) is 0. The molecule has 2 aromatic heterocycles. The van der Waals surface area contributed by atoms with Crippen LogP contribution < -0.4 is 15.2 Å². The van der Waals surface area contributed by atoms with E-state index in [-0.39, 0.29) is 4.90 Å². The Morgan fingerprint density at radius 1 is 0.804 bits per heavy atom. The van der Waals surface area contributed by atoms with Crippen molar-refractivity contribution in [2.45, 2.75) is 113 Å². The van der Waals surface area contributed by atoms with E-state index in [1.165, 1.54) is 46.2 Å². The fourth-order valence-corrected chi connectivity index (χ4v) is 9.02. The molecule has 8 rings (SSSR count). The molecule has 4 aliphatic carbocycles. The average Bonchev–Trinajstić information content (AvgIpc) is 3.96. The van der Waals surface area contributed by atoms with Gasteiger partial charge in [0.05, 0.1) is 11.9 Å². The molecule has 4 aromatic rings. The number of rotatable bonds is 9. The molecule has 300 valence electrons. The lowest BCUT2D eigenvalue weighted by Crippen LogP contribution is -2.35. The molecular weight excluding hydrogens is 781 g/mol. The van der Waals surface area contributed by atoms with Gasteiger partial charge in [0, 0.05) is 18.1 Å². The number of benzene rings is 2. The number of sulfonamides is 2. The molecule has 0 spiro atoms. The number of isocyanates is 1. The van der Waals surface area contributed by atoms with Crippen LogP contribution in [0, 0.1) is 0 Å². The summed E-state index contributed by atoms with van der Waals surface area (Å²) in [7, 11) is -8.11. The van der Waals surface area contributed by atoms with Crippen molar-refractivity contribution in [3.05, 3.63) is 81.3 Å². The first-order valence-electron chi connectivity index (χ1n) is 18.0. The Morgan fingerprint density at radius 2 is 1.30 bits per heavy atom. The Bertz CT molecular complexity index is 2330. The zero-order chi connectivity index (χ0) is 40.2. The smallest absolute Gasteiger partial charge is 0.307 e. The number of aliphatic imine (C=N–C) groups is 1. The molecule has 0 aliphatic heterocycles. The Morgan fingerprint density at radius 3 is 1.79 bits per heavy atom. The monoisotopic (exact) mass is 820 g/mol. The van der Waals surface area contributed by atoms with Crippen LogP contribution in [0.1, 0.15) is 70.2 Å². The van der Waals surface area contributed by atoms with Gasteiger partial charge in [0.25, 0.3) is 22.9 Å². The van der Waals surface area contributed by atoms with Crippen LogP contribution in [0.2, 0.25) is 0 Å². The minimum absolute atomic E-state index is 0.270. The van der Waals surface area contributed by atoms with Gasteiger partial charge in [0.15, 0.2) is 5.03 Å². The second-order valence-electron chi connectivity index (χ2n) is 13.8. The molecule has 4 N–H and O–H groups in total. The van der Waals surface area contributed by atoms with Crippen molar-refractivity contribution in [1.82, 2.24) is 24.3 Å². The Kier molecular flexibility index (Phi) is 12.4. The van der Waals surface area contributed by atoms with E-state index in [4.69, 9.17) is 5.14 Å². The molecule has 2 amide bonds. The number of fused-ring (bicyclic) bond motifs is 4. The van der Waals surface area contributed by atoms with Crippen molar-refractivity contribution in [3.8, 4) is 0 Å². The minimum Gasteiger partial charge on any atom is -0.307 e. The van der Waals surface area contributed by atoms with Crippen LogP contribution in [-0.2, 0) is 89.3 Å². The lowest BCUT2D eigenvalue weighted by molar-refractivity contribution is 0.121. The maximum absolute atomic E-state index is 12.4. The molecule has 0 saturated carbocycles. The number of carbonyl (C=O) groups excluding carboxylic acids is 2. The summed E-state index contributed by atoms with van der Waals surface area (Å²) in [6, 6.07) is 4.75. The van der Waals surface area contributed by atoms with E-state index < -0.39 is 57.0 Å². The van der Waals surface area contributed by atoms with Crippen LogP contribution in [0.3, 0.4) is 0 Å². The number of amides is 2. The molecule has 14 nitrogen and oxygen atoms in total. The number of hydrogen-bond donors (Lipinski definition) is 3. The van der Waals surface area contributed by atoms with Gasteiger partial charge < -0.3 is 5.32 Å². The Balaban J connectivity index is 0.000000159. The van der Waals surface area contributed by atoms with Crippen molar-refractivity contribution in [2.24, 2.45) is 10.1 Å². The van der Waals surface area contributed by atoms with E-state index in [0.29, 0.717) is 0 Å². The summed E-state index contributed by atoms with van der Waals surface area (Å²) < 4.78 is 98.0. The van der Waals surface area contributed by atoms with Crippen LogP contribution in [0.4, 0.5) is 33.7 Å². The summed E-state index contributed by atoms with van der Waals surface area (Å²) in [5.41, 5.74) is 11.7. The minimum atomic E-state index is -4.26. The lowest BCUT2D eigenvalue weighted by atomic mass is 9.99. The van der Waals surface area contributed by atoms with Gasteiger partial charge in [-0.15, -0.1) is 0 Å². The molecule has 4 aliphatic rings. The number of primary sulfonamides is 1. The van der Waals surface area contributed by atoms with Crippen LogP contribution in [0.5, 0.6) is 0 Å². The highest BCUT2D eigenvalue weighted by molar-refractivity contribution is 7.90. The molecule has 2 aromatic carbocycles. The molecule has 0 radical (unpaired) electrons. The lowest BCUT2D eigenvalue weighted by Gasteiger charge is -2.16. The van der Waals surface area contributed by atoms with Gasteiger partial charge in [-0.2, -0.15) is 23.6 Å². The standard InChI is InChI=1S/C18H20F2N4O3S.C13H13NO.C5H7F2N3O2S/c19-15(20)10-24-8-7-16(22-24)28(26,27)23-18(25)21-17-13-5-1-3-11(13)9-12-4-2-6-14(12)17;15-8-14-13-11-5-1-3-9(11)7-10-4-2-6-12(10)13;6-5(7)3-10-2-4(1-9-10)13(8,11)12/h7-9,15H,1-6,10H2,(H2,21,23,25);7H,1-6H2;1-2,5H,3H2,(H2,8,11,12). The van der Waals surface area contributed by atoms with E-state index >= 15 is 0 Å². The first kappa shape index (κ1) is 40.7. The normalized spacial score (nSPS) is 15.2. The molecule has 0 unspecified atom stereocenters. The van der Waals surface area contributed by atoms with Crippen molar-refractivity contribution >= 4 is 43.5 Å². The fourth-order valence-electron chi connectivity index (χ4n) is 7.71. The largest absolute Gasteiger partial charge is 0.333 e. The summed E-state index contributed by atoms with van der Waals surface area (Å²) in [4.78, 5) is 26.6. The maximum Gasteiger partial charge on any atom is 0.333 e. The number of aromatic nitrogens is 4. The third-order valence-corrected chi connectivity index (χ3v) is 12.1. The van der Waals surface area contributed by atoms with Gasteiger partial charge >= 0.3 is 6.03 Å². The van der Waals surface area contributed by atoms with Gasteiger partial charge in [-0.3, -0.25) is 9.36 Å². The second-order valence-corrected chi connectivity index (χ2v) is 17.0. The SMILES string of the molecule is NS(=O)(=O)c1cnn(CC(F)F)c1.O=C(Nc1c2c(cc3c1CCC3)CCC2)NS(=O)(=O)c1ccn(CC(F)F)n1.O=C=Nc1c2c(cc3c1CCC3)CCC2. The molecular formula is C36H40F4N8O6S2. The summed E-state index contributed by atoms with van der Waals surface area (Å²) in [6.45, 7) is -1.36. The molecule has 0 atom stereocenters. The van der Waals surface area contributed by atoms with Gasteiger partial charge in [-0.1, -0.05) is 12.1 Å². The maximum atomic E-state index is 12.4. The number of nitrogens with two attached hydrogens (primary N) is 1. The molecule has 0 fully saturated rings. The number of anilines is 1. The molecule has 0 saturated heterocycles. The van der Waals surface area contributed by atoms with Crippen LogP contribution in [-0.4, -0.2) is 61.4 Å². The second kappa shape index (κ2) is 17.1. The van der Waals surface area contributed by atoms with Gasteiger partial charge in [0.2, 0.25) is 16.1 Å². The zero-order valence-corrected chi connectivity index (χ0v) is 31.7. The highest BCUT2D eigenvalue weighted by atomic mass is 32.2. The first-order chi connectivity index (χ1) is 26.6. The van der Waals surface area contributed by atoms with Gasteiger partial charge in [-0.05, 0) is 128 Å². The van der Waals surface area contributed by atoms with Crippen molar-refractivity contribution in [1.29, 1.82) is 0 Å². The van der Waals surface area contributed by atoms with E-state index in [1.54, 1.807) is 6.08 Å². The van der Waals surface area contributed by atoms with Crippen LogP contribution in [0.15, 0.2) is 51.7 Å². The first-order valence-corrected chi connectivity index (χ1v) is 21.1. The van der Waals surface area contributed by atoms with Crippen molar-refractivity contribution < 1.29 is 44.0 Å². The number of carbonyl (C=O) groups is 1. The number of urea groups is 1. The summed E-state index contributed by atoms with van der Waals surface area (Å²) in [5, 5.41) is 14.0. The van der Waals surface area contributed by atoms with E-state index in [2.05, 4.69) is 32.6 Å². The Hall–Kier alpha value is -4.91. The molecule has 56 heavy (non-hydrogen) atoms. The predicted octanol–water partition coefficient (Wildman–Crippen LogP) is 5.06. The average molecular weight is 821 g/mol. The number of aryl methyl sites for hydroxylation is 4. The van der Waals surface area contributed by atoms with Crippen LogP contribution >= 0.6 is 0 Å². The number of nitrogens with one attached hydrogen (secondary N) is 2. The third-order valence-electron chi connectivity index (χ3n) is 10.0. The topological polar surface area (TPSA) is 200 Å². The fraction of sp³-hybridized carbons (Fsp3) is 0.444.